The summed E-state index contributed by atoms with van der Waals surface area (Å²) in [6.07, 6.45) is 1.99. The average molecular weight is 358 g/mol. The quantitative estimate of drug-likeness (QED) is 0.882. The molecule has 2 aromatic rings. The van der Waals surface area contributed by atoms with Crippen molar-refractivity contribution in [1.29, 1.82) is 0 Å². The van der Waals surface area contributed by atoms with Gasteiger partial charge in [-0.05, 0) is 47.0 Å². The van der Waals surface area contributed by atoms with Crippen LogP contribution in [0.5, 0.6) is 0 Å². The van der Waals surface area contributed by atoms with Crippen LogP contribution in [0.2, 0.25) is 0 Å². The van der Waals surface area contributed by atoms with E-state index in [9.17, 15) is 8.42 Å². The maximum absolute atomic E-state index is 12.3. The van der Waals surface area contributed by atoms with Crippen LogP contribution in [0.15, 0.2) is 27.8 Å². The summed E-state index contributed by atoms with van der Waals surface area (Å²) in [7, 11) is -3.66. The van der Waals surface area contributed by atoms with Crippen LogP contribution < -0.4 is 4.72 Å². The van der Waals surface area contributed by atoms with Gasteiger partial charge in [0.05, 0.1) is 11.9 Å². The zero-order valence-electron chi connectivity index (χ0n) is 11.5. The summed E-state index contributed by atoms with van der Waals surface area (Å²) in [6.45, 7) is 5.72. The molecular weight excluding hydrogens is 342 g/mol. The number of rotatable bonds is 4. The number of aryl methyl sites for hydroxylation is 3. The van der Waals surface area contributed by atoms with E-state index >= 15 is 0 Å². The maximum Gasteiger partial charge on any atom is 0.279 e. The van der Waals surface area contributed by atoms with E-state index in [0.717, 1.165) is 11.1 Å². The third-order valence-electron chi connectivity index (χ3n) is 2.90. The molecule has 20 heavy (non-hydrogen) atoms. The molecule has 1 heterocycles. The van der Waals surface area contributed by atoms with Crippen LogP contribution in [-0.2, 0) is 16.4 Å². The first-order chi connectivity index (χ1) is 9.33. The van der Waals surface area contributed by atoms with Crippen LogP contribution in [-0.4, -0.2) is 18.4 Å². The summed E-state index contributed by atoms with van der Waals surface area (Å²) in [5.41, 5.74) is 2.46. The van der Waals surface area contributed by atoms with Gasteiger partial charge < -0.3 is 4.98 Å². The van der Waals surface area contributed by atoms with Gasteiger partial charge in [-0.3, -0.25) is 4.72 Å². The van der Waals surface area contributed by atoms with Crippen molar-refractivity contribution in [3.05, 3.63) is 39.8 Å². The van der Waals surface area contributed by atoms with Crippen LogP contribution in [0.4, 0.5) is 5.69 Å². The largest absolute Gasteiger partial charge is 0.332 e. The van der Waals surface area contributed by atoms with Crippen LogP contribution in [0.1, 0.15) is 23.9 Å². The van der Waals surface area contributed by atoms with E-state index < -0.39 is 10.0 Å². The minimum absolute atomic E-state index is 0.0706. The number of H-pyrrole nitrogens is 1. The average Bonchev–Trinajstić information content (AvgIpc) is 2.83. The fourth-order valence-corrected chi connectivity index (χ4v) is 3.89. The lowest BCUT2D eigenvalue weighted by Crippen LogP contribution is -2.14. The van der Waals surface area contributed by atoms with E-state index in [4.69, 9.17) is 0 Å². The summed E-state index contributed by atoms with van der Waals surface area (Å²) < 4.78 is 27.9. The molecule has 0 saturated heterocycles. The topological polar surface area (TPSA) is 74.8 Å². The van der Waals surface area contributed by atoms with Crippen molar-refractivity contribution in [1.82, 2.24) is 9.97 Å². The highest BCUT2D eigenvalue weighted by molar-refractivity contribution is 9.10. The van der Waals surface area contributed by atoms with Crippen molar-refractivity contribution in [2.24, 2.45) is 0 Å². The molecule has 0 saturated carbocycles. The van der Waals surface area contributed by atoms with Crippen molar-refractivity contribution >= 4 is 31.6 Å². The highest BCUT2D eigenvalue weighted by Gasteiger charge is 2.19. The Morgan fingerprint density at radius 3 is 2.60 bits per heavy atom. The molecule has 0 aliphatic heterocycles. The summed E-state index contributed by atoms with van der Waals surface area (Å²) in [6, 6.07) is 3.79. The third-order valence-corrected chi connectivity index (χ3v) is 4.78. The first-order valence-corrected chi connectivity index (χ1v) is 8.44. The molecule has 0 amide bonds. The SMILES string of the molecule is CCc1ncc(S(=O)(=O)Nc2c(C)cc(C)cc2Br)[nH]1. The molecule has 0 unspecified atom stereocenters. The molecule has 1 aromatic carbocycles. The van der Waals surface area contributed by atoms with E-state index in [-0.39, 0.29) is 5.03 Å². The fraction of sp³-hybridized carbons (Fsp3) is 0.308. The second-order valence-electron chi connectivity index (χ2n) is 4.59. The van der Waals surface area contributed by atoms with Gasteiger partial charge in [-0.1, -0.05) is 13.0 Å². The summed E-state index contributed by atoms with van der Waals surface area (Å²) >= 11 is 3.39. The Morgan fingerprint density at radius 1 is 1.35 bits per heavy atom. The first kappa shape index (κ1) is 15.1. The van der Waals surface area contributed by atoms with Crippen molar-refractivity contribution in [3.8, 4) is 0 Å². The second kappa shape index (κ2) is 5.57. The predicted octanol–water partition coefficient (Wildman–Crippen LogP) is 3.15. The number of hydrogen-bond donors (Lipinski definition) is 2. The highest BCUT2D eigenvalue weighted by Crippen LogP contribution is 2.29. The van der Waals surface area contributed by atoms with Crippen molar-refractivity contribution in [3.63, 3.8) is 0 Å². The minimum Gasteiger partial charge on any atom is -0.332 e. The van der Waals surface area contributed by atoms with Gasteiger partial charge in [0.15, 0.2) is 5.03 Å². The number of aromatic amines is 1. The lowest BCUT2D eigenvalue weighted by Gasteiger charge is -2.12. The van der Waals surface area contributed by atoms with Gasteiger partial charge in [0.2, 0.25) is 0 Å². The molecule has 0 radical (unpaired) electrons. The number of nitrogens with zero attached hydrogens (tertiary/aromatic N) is 1. The molecule has 1 aromatic heterocycles. The summed E-state index contributed by atoms with van der Waals surface area (Å²) in [5, 5.41) is 0.0706. The lowest BCUT2D eigenvalue weighted by molar-refractivity contribution is 0.598. The zero-order valence-corrected chi connectivity index (χ0v) is 13.9. The predicted molar refractivity (Wildman–Crippen MR) is 82.4 cm³/mol. The number of sulfonamides is 1. The number of benzene rings is 1. The van der Waals surface area contributed by atoms with Gasteiger partial charge in [0.25, 0.3) is 10.0 Å². The van der Waals surface area contributed by atoms with Gasteiger partial charge in [-0.2, -0.15) is 8.42 Å². The molecule has 7 heteroatoms. The molecule has 0 spiro atoms. The molecule has 0 aliphatic carbocycles. The van der Waals surface area contributed by atoms with Crippen molar-refractivity contribution in [2.45, 2.75) is 32.2 Å². The molecule has 5 nitrogen and oxygen atoms in total. The van der Waals surface area contributed by atoms with Gasteiger partial charge >= 0.3 is 0 Å². The van der Waals surface area contributed by atoms with Gasteiger partial charge in [-0.25, -0.2) is 4.98 Å². The Balaban J connectivity index is 2.38. The Hall–Kier alpha value is -1.34. The summed E-state index contributed by atoms with van der Waals surface area (Å²) in [5.74, 6) is 0.644. The number of imidazole rings is 1. The van der Waals surface area contributed by atoms with Crippen LogP contribution >= 0.6 is 15.9 Å². The number of anilines is 1. The Labute approximate surface area is 127 Å². The monoisotopic (exact) mass is 357 g/mol. The van der Waals surface area contributed by atoms with Crippen molar-refractivity contribution in [2.75, 3.05) is 4.72 Å². The molecule has 2 rings (SSSR count). The maximum atomic E-state index is 12.3. The zero-order chi connectivity index (χ0) is 14.9. The Morgan fingerprint density at radius 2 is 2.05 bits per heavy atom. The third kappa shape index (κ3) is 3.04. The number of aromatic nitrogens is 2. The smallest absolute Gasteiger partial charge is 0.279 e. The highest BCUT2D eigenvalue weighted by atomic mass is 79.9. The molecular formula is C13H16BrN3O2S. The molecule has 0 fully saturated rings. The van der Waals surface area contributed by atoms with Crippen LogP contribution in [0.3, 0.4) is 0 Å². The molecule has 0 atom stereocenters. The number of halogens is 1. The lowest BCUT2D eigenvalue weighted by atomic mass is 10.1. The van der Waals surface area contributed by atoms with E-state index in [1.165, 1.54) is 6.20 Å². The molecule has 0 bridgehead atoms. The van der Waals surface area contributed by atoms with E-state index in [0.29, 0.717) is 22.4 Å². The molecule has 2 N–H and O–H groups in total. The second-order valence-corrected chi connectivity index (χ2v) is 7.10. The van der Waals surface area contributed by atoms with E-state index in [1.54, 1.807) is 0 Å². The molecule has 108 valence electrons. The Kier molecular flexibility index (Phi) is 4.19. The van der Waals surface area contributed by atoms with Crippen LogP contribution in [0, 0.1) is 13.8 Å². The number of hydrogen-bond acceptors (Lipinski definition) is 3. The van der Waals surface area contributed by atoms with Crippen LogP contribution in [0.25, 0.3) is 0 Å². The number of nitrogens with one attached hydrogen (secondary N) is 2. The normalized spacial score (nSPS) is 11.6. The van der Waals surface area contributed by atoms with Gasteiger partial charge in [-0.15, -0.1) is 0 Å². The standard InChI is InChI=1S/C13H16BrN3O2S/c1-4-11-15-7-12(16-11)20(18,19)17-13-9(3)5-8(2)6-10(13)14/h5-7,17H,4H2,1-3H3,(H,15,16). The van der Waals surface area contributed by atoms with Gasteiger partial charge in [0, 0.05) is 10.9 Å². The van der Waals surface area contributed by atoms with Crippen molar-refractivity contribution < 1.29 is 8.42 Å². The summed E-state index contributed by atoms with van der Waals surface area (Å²) in [4.78, 5) is 6.81. The Bertz CT molecular complexity index is 715. The minimum atomic E-state index is -3.66. The van der Waals surface area contributed by atoms with E-state index in [1.807, 2.05) is 32.9 Å². The van der Waals surface area contributed by atoms with Gasteiger partial charge in [0.1, 0.15) is 5.82 Å². The molecule has 0 aliphatic rings. The first-order valence-electron chi connectivity index (χ1n) is 6.17. The van der Waals surface area contributed by atoms with E-state index in [2.05, 4.69) is 30.6 Å². The fourth-order valence-electron chi connectivity index (χ4n) is 1.89.